The fourth-order valence-corrected chi connectivity index (χ4v) is 2.71. The summed E-state index contributed by atoms with van der Waals surface area (Å²) in [6.45, 7) is 1.69. The molecule has 0 amide bonds. The predicted molar refractivity (Wildman–Crippen MR) is 68.4 cm³/mol. The summed E-state index contributed by atoms with van der Waals surface area (Å²) in [4.78, 5) is 4.35. The number of hydrogen-bond acceptors (Lipinski definition) is 2. The summed E-state index contributed by atoms with van der Waals surface area (Å²) in [7, 11) is 0. The Kier molecular flexibility index (Phi) is 2.81. The number of nitrogens with zero attached hydrogens (tertiary/aromatic N) is 2. The van der Waals surface area contributed by atoms with Gasteiger partial charge in [0.15, 0.2) is 0 Å². The number of rotatable bonds is 1. The first-order chi connectivity index (χ1) is 8.66. The van der Waals surface area contributed by atoms with Crippen LogP contribution in [0.2, 0.25) is 0 Å². The van der Waals surface area contributed by atoms with Gasteiger partial charge in [0, 0.05) is 24.7 Å². The van der Waals surface area contributed by atoms with Crippen molar-refractivity contribution in [2.24, 2.45) is 0 Å². The van der Waals surface area contributed by atoms with Crippen LogP contribution in [-0.2, 0) is 6.54 Å². The number of hydrogen-bond donors (Lipinski definition) is 1. The van der Waals surface area contributed by atoms with E-state index in [4.69, 9.17) is 0 Å². The van der Waals surface area contributed by atoms with E-state index in [2.05, 4.69) is 26.2 Å². The quantitative estimate of drug-likeness (QED) is 0.874. The number of halogens is 3. The largest absolute Gasteiger partial charge is 0.356 e. The van der Waals surface area contributed by atoms with Crippen LogP contribution >= 0.6 is 15.9 Å². The molecule has 3 nitrogen and oxygen atoms in total. The number of imidazole rings is 1. The smallest absolute Gasteiger partial charge is 0.204 e. The molecule has 0 bridgehead atoms. The van der Waals surface area contributed by atoms with Crippen molar-refractivity contribution < 1.29 is 8.78 Å². The maximum atomic E-state index is 13.8. The molecule has 1 aromatic heterocycles. The fraction of sp³-hybridized carbons (Fsp3) is 0.250. The summed E-state index contributed by atoms with van der Waals surface area (Å²) in [6, 6.07) is 3.51. The van der Waals surface area contributed by atoms with E-state index >= 15 is 0 Å². The second-order valence-corrected chi connectivity index (χ2v) is 4.88. The molecular formula is C12H10BrF2N3. The van der Waals surface area contributed by atoms with Gasteiger partial charge in [0.2, 0.25) is 5.95 Å². The zero-order chi connectivity index (χ0) is 12.7. The van der Waals surface area contributed by atoms with Gasteiger partial charge in [-0.1, -0.05) is 0 Å². The summed E-state index contributed by atoms with van der Waals surface area (Å²) >= 11 is 3.43. The van der Waals surface area contributed by atoms with Gasteiger partial charge in [0.05, 0.1) is 0 Å². The van der Waals surface area contributed by atoms with Crippen LogP contribution in [0.3, 0.4) is 0 Å². The molecule has 18 heavy (non-hydrogen) atoms. The molecule has 6 heteroatoms. The van der Waals surface area contributed by atoms with E-state index in [1.807, 2.05) is 4.57 Å². The highest BCUT2D eigenvalue weighted by molar-refractivity contribution is 9.10. The lowest BCUT2D eigenvalue weighted by Crippen LogP contribution is -2.17. The van der Waals surface area contributed by atoms with Gasteiger partial charge in [0.1, 0.15) is 21.9 Å². The van der Waals surface area contributed by atoms with Crippen LogP contribution in [0.15, 0.2) is 22.8 Å². The third kappa shape index (κ3) is 1.80. The van der Waals surface area contributed by atoms with Gasteiger partial charge >= 0.3 is 0 Å². The van der Waals surface area contributed by atoms with Gasteiger partial charge in [-0.15, -0.1) is 0 Å². The molecule has 0 saturated heterocycles. The number of nitrogens with one attached hydrogen (secondary N) is 1. The molecular weight excluding hydrogens is 304 g/mol. The lowest BCUT2D eigenvalue weighted by Gasteiger charge is -2.15. The lowest BCUT2D eigenvalue weighted by atomic mass is 10.1. The van der Waals surface area contributed by atoms with Gasteiger partial charge in [-0.2, -0.15) is 0 Å². The van der Waals surface area contributed by atoms with Crippen molar-refractivity contribution in [3.63, 3.8) is 0 Å². The summed E-state index contributed by atoms with van der Waals surface area (Å²) in [6.07, 6.45) is 0.993. The SMILES string of the molecule is Fc1ccc(-c2nc3n(c2Br)CCCN3)c(F)c1. The fourth-order valence-electron chi connectivity index (χ4n) is 2.06. The van der Waals surface area contributed by atoms with Gasteiger partial charge < -0.3 is 9.88 Å². The van der Waals surface area contributed by atoms with Gasteiger partial charge in [-0.25, -0.2) is 13.8 Å². The second kappa shape index (κ2) is 4.35. The van der Waals surface area contributed by atoms with E-state index in [9.17, 15) is 8.78 Å². The number of anilines is 1. The molecule has 0 atom stereocenters. The highest BCUT2D eigenvalue weighted by atomic mass is 79.9. The van der Waals surface area contributed by atoms with Crippen molar-refractivity contribution in [1.29, 1.82) is 0 Å². The van der Waals surface area contributed by atoms with Crippen LogP contribution in [0.4, 0.5) is 14.7 Å². The van der Waals surface area contributed by atoms with Crippen molar-refractivity contribution in [3.8, 4) is 11.3 Å². The molecule has 1 aliphatic rings. The standard InChI is InChI=1S/C12H10BrF2N3/c13-11-10(8-3-2-7(14)6-9(8)15)17-12-16-4-1-5-18(11)12/h2-3,6H,1,4-5H2,(H,16,17). The number of aromatic nitrogens is 2. The van der Waals surface area contributed by atoms with Crippen molar-refractivity contribution in [2.45, 2.75) is 13.0 Å². The second-order valence-electron chi connectivity index (χ2n) is 4.13. The molecule has 1 aliphatic heterocycles. The molecule has 3 rings (SSSR count). The van der Waals surface area contributed by atoms with Gasteiger partial charge in [-0.3, -0.25) is 0 Å². The maximum absolute atomic E-state index is 13.8. The van der Waals surface area contributed by atoms with E-state index in [0.717, 1.165) is 30.2 Å². The average molecular weight is 314 g/mol. The zero-order valence-electron chi connectivity index (χ0n) is 9.38. The van der Waals surface area contributed by atoms with Crippen molar-refractivity contribution in [2.75, 3.05) is 11.9 Å². The zero-order valence-corrected chi connectivity index (χ0v) is 11.0. The summed E-state index contributed by atoms with van der Waals surface area (Å²) < 4.78 is 29.3. The van der Waals surface area contributed by atoms with Gasteiger partial charge in [0.25, 0.3) is 0 Å². The van der Waals surface area contributed by atoms with E-state index < -0.39 is 11.6 Å². The van der Waals surface area contributed by atoms with Crippen LogP contribution in [0.5, 0.6) is 0 Å². The van der Waals surface area contributed by atoms with E-state index in [-0.39, 0.29) is 0 Å². The normalized spacial score (nSPS) is 14.2. The van der Waals surface area contributed by atoms with Crippen molar-refractivity contribution in [3.05, 3.63) is 34.4 Å². The Morgan fingerprint density at radius 3 is 2.89 bits per heavy atom. The first-order valence-electron chi connectivity index (χ1n) is 5.62. The molecule has 0 saturated carbocycles. The van der Waals surface area contributed by atoms with E-state index in [0.29, 0.717) is 17.2 Å². The molecule has 94 valence electrons. The molecule has 0 unspecified atom stereocenters. The van der Waals surface area contributed by atoms with Crippen molar-refractivity contribution in [1.82, 2.24) is 9.55 Å². The summed E-state index contributed by atoms with van der Waals surface area (Å²) in [5.41, 5.74) is 0.795. The minimum absolute atomic E-state index is 0.298. The predicted octanol–water partition coefficient (Wildman–Crippen LogP) is 3.41. The Morgan fingerprint density at radius 1 is 1.33 bits per heavy atom. The molecule has 0 spiro atoms. The third-order valence-corrected chi connectivity index (χ3v) is 3.74. The third-order valence-electron chi connectivity index (χ3n) is 2.93. The molecule has 0 radical (unpaired) electrons. The van der Waals surface area contributed by atoms with E-state index in [1.165, 1.54) is 12.1 Å². The minimum Gasteiger partial charge on any atom is -0.356 e. The Balaban J connectivity index is 2.14. The maximum Gasteiger partial charge on any atom is 0.204 e. The Bertz CT molecular complexity index is 610. The van der Waals surface area contributed by atoms with E-state index in [1.54, 1.807) is 0 Å². The van der Waals surface area contributed by atoms with Crippen LogP contribution < -0.4 is 5.32 Å². The Labute approximate surface area is 111 Å². The Morgan fingerprint density at radius 2 is 2.17 bits per heavy atom. The van der Waals surface area contributed by atoms with Crippen molar-refractivity contribution >= 4 is 21.9 Å². The molecule has 1 aromatic carbocycles. The molecule has 0 aliphatic carbocycles. The minimum atomic E-state index is -0.605. The monoisotopic (exact) mass is 313 g/mol. The number of benzene rings is 1. The number of fused-ring (bicyclic) bond motifs is 1. The first kappa shape index (κ1) is 11.6. The van der Waals surface area contributed by atoms with Crippen LogP contribution in [0.1, 0.15) is 6.42 Å². The lowest BCUT2D eigenvalue weighted by molar-refractivity contribution is 0.585. The first-order valence-corrected chi connectivity index (χ1v) is 6.41. The Hall–Kier alpha value is -1.43. The molecule has 2 aromatic rings. The van der Waals surface area contributed by atoms with Crippen LogP contribution in [0, 0.1) is 11.6 Å². The summed E-state index contributed by atoms with van der Waals surface area (Å²) in [5.74, 6) is -0.479. The molecule has 1 N–H and O–H groups in total. The van der Waals surface area contributed by atoms with Crippen LogP contribution in [0.25, 0.3) is 11.3 Å². The topological polar surface area (TPSA) is 29.9 Å². The van der Waals surface area contributed by atoms with Crippen LogP contribution in [-0.4, -0.2) is 16.1 Å². The highest BCUT2D eigenvalue weighted by Crippen LogP contribution is 2.33. The summed E-state index contributed by atoms with van der Waals surface area (Å²) in [5, 5.41) is 3.15. The average Bonchev–Trinajstić information content (AvgIpc) is 2.68. The molecule has 2 heterocycles. The van der Waals surface area contributed by atoms with Gasteiger partial charge in [-0.05, 0) is 34.5 Å². The highest BCUT2D eigenvalue weighted by Gasteiger charge is 2.20. The molecule has 0 fully saturated rings.